The average molecular weight is 261 g/mol. The van der Waals surface area contributed by atoms with E-state index in [2.05, 4.69) is 0 Å². The predicted molar refractivity (Wildman–Crippen MR) is 72.4 cm³/mol. The van der Waals surface area contributed by atoms with Gasteiger partial charge < -0.3 is 9.64 Å². The van der Waals surface area contributed by atoms with Crippen LogP contribution < -0.4 is 0 Å². The fourth-order valence-corrected chi connectivity index (χ4v) is 2.32. The van der Waals surface area contributed by atoms with Crippen LogP contribution in [0, 0.1) is 0 Å². The second kappa shape index (κ2) is 5.97. The second-order valence-electron chi connectivity index (χ2n) is 4.86. The largest absolute Gasteiger partial charge is 0.381 e. The molecule has 1 fully saturated rings. The summed E-state index contributed by atoms with van der Waals surface area (Å²) in [6.07, 6.45) is 2.03. The molecule has 1 saturated heterocycles. The summed E-state index contributed by atoms with van der Waals surface area (Å²) in [5.41, 5.74) is 1.27. The van der Waals surface area contributed by atoms with E-state index in [1.54, 1.807) is 31.4 Å². The van der Waals surface area contributed by atoms with Gasteiger partial charge >= 0.3 is 0 Å². The SMILES string of the molecule is COC1CCN(C(=O)c2ccc(C(C)=O)cc2)CC1. The first-order valence-corrected chi connectivity index (χ1v) is 6.55. The minimum Gasteiger partial charge on any atom is -0.381 e. The van der Waals surface area contributed by atoms with Crippen molar-refractivity contribution in [3.8, 4) is 0 Å². The molecule has 0 saturated carbocycles. The van der Waals surface area contributed by atoms with E-state index in [0.29, 0.717) is 11.1 Å². The van der Waals surface area contributed by atoms with E-state index in [1.807, 2.05) is 4.90 Å². The zero-order valence-corrected chi connectivity index (χ0v) is 11.4. The number of nitrogens with zero attached hydrogens (tertiary/aromatic N) is 1. The number of hydrogen-bond donors (Lipinski definition) is 0. The van der Waals surface area contributed by atoms with Crippen molar-refractivity contribution in [2.75, 3.05) is 20.2 Å². The third kappa shape index (κ3) is 3.20. The van der Waals surface area contributed by atoms with Crippen LogP contribution in [0.1, 0.15) is 40.5 Å². The molecule has 0 unspecified atom stereocenters. The Morgan fingerprint density at radius 3 is 2.11 bits per heavy atom. The Balaban J connectivity index is 2.02. The highest BCUT2D eigenvalue weighted by Gasteiger charge is 2.23. The lowest BCUT2D eigenvalue weighted by atomic mass is 10.0. The van der Waals surface area contributed by atoms with Crippen LogP contribution in [0.3, 0.4) is 0 Å². The van der Waals surface area contributed by atoms with Gasteiger partial charge in [-0.15, -0.1) is 0 Å². The van der Waals surface area contributed by atoms with E-state index >= 15 is 0 Å². The standard InChI is InChI=1S/C15H19NO3/c1-11(17)12-3-5-13(6-4-12)15(18)16-9-7-14(19-2)8-10-16/h3-6,14H,7-10H2,1-2H3. The lowest BCUT2D eigenvalue weighted by Crippen LogP contribution is -2.40. The summed E-state index contributed by atoms with van der Waals surface area (Å²) in [6.45, 7) is 2.98. The summed E-state index contributed by atoms with van der Waals surface area (Å²) < 4.78 is 5.29. The molecule has 1 amide bonds. The highest BCUT2D eigenvalue weighted by Crippen LogP contribution is 2.16. The summed E-state index contributed by atoms with van der Waals surface area (Å²) >= 11 is 0. The summed E-state index contributed by atoms with van der Waals surface area (Å²) in [6, 6.07) is 6.86. The highest BCUT2D eigenvalue weighted by atomic mass is 16.5. The quantitative estimate of drug-likeness (QED) is 0.783. The highest BCUT2D eigenvalue weighted by molar-refractivity contribution is 5.97. The maximum atomic E-state index is 12.3. The van der Waals surface area contributed by atoms with Crippen LogP contribution >= 0.6 is 0 Å². The van der Waals surface area contributed by atoms with Crippen LogP contribution in [0.15, 0.2) is 24.3 Å². The van der Waals surface area contributed by atoms with Gasteiger partial charge in [-0.05, 0) is 31.9 Å². The molecule has 2 rings (SSSR count). The molecular weight excluding hydrogens is 242 g/mol. The van der Waals surface area contributed by atoms with Gasteiger partial charge in [0.2, 0.25) is 0 Å². The lowest BCUT2D eigenvalue weighted by molar-refractivity contribution is 0.0350. The van der Waals surface area contributed by atoms with Gasteiger partial charge in [-0.25, -0.2) is 0 Å². The number of carbonyl (C=O) groups is 2. The van der Waals surface area contributed by atoms with Gasteiger partial charge in [0.25, 0.3) is 5.91 Å². The fraction of sp³-hybridized carbons (Fsp3) is 0.467. The van der Waals surface area contributed by atoms with Crippen molar-refractivity contribution in [1.82, 2.24) is 4.90 Å². The van der Waals surface area contributed by atoms with Crippen molar-refractivity contribution in [2.45, 2.75) is 25.9 Å². The van der Waals surface area contributed by atoms with E-state index in [4.69, 9.17) is 4.74 Å². The van der Waals surface area contributed by atoms with Crippen LogP contribution in [0.25, 0.3) is 0 Å². The van der Waals surface area contributed by atoms with Crippen molar-refractivity contribution in [3.63, 3.8) is 0 Å². The van der Waals surface area contributed by atoms with Gasteiger partial charge in [0.05, 0.1) is 6.10 Å². The van der Waals surface area contributed by atoms with E-state index in [0.717, 1.165) is 25.9 Å². The Bertz CT molecular complexity index is 459. The van der Waals surface area contributed by atoms with Crippen molar-refractivity contribution >= 4 is 11.7 Å². The third-order valence-electron chi connectivity index (χ3n) is 3.60. The third-order valence-corrected chi connectivity index (χ3v) is 3.60. The fourth-order valence-electron chi connectivity index (χ4n) is 2.32. The molecule has 0 radical (unpaired) electrons. The molecule has 0 aliphatic carbocycles. The Morgan fingerprint density at radius 2 is 1.63 bits per heavy atom. The first-order valence-electron chi connectivity index (χ1n) is 6.55. The number of methoxy groups -OCH3 is 1. The summed E-state index contributed by atoms with van der Waals surface area (Å²) in [5.74, 6) is 0.0459. The van der Waals surface area contributed by atoms with Gasteiger partial charge in [0, 0.05) is 31.3 Å². The number of likely N-dealkylation sites (tertiary alicyclic amines) is 1. The van der Waals surface area contributed by atoms with Gasteiger partial charge in [0.15, 0.2) is 5.78 Å². The number of ketones is 1. The maximum Gasteiger partial charge on any atom is 0.253 e. The molecule has 4 heteroatoms. The normalized spacial score (nSPS) is 16.4. The van der Waals surface area contributed by atoms with Crippen LogP contribution in [-0.2, 0) is 4.74 Å². The summed E-state index contributed by atoms with van der Waals surface area (Å²) in [4.78, 5) is 25.3. The van der Waals surface area contributed by atoms with Gasteiger partial charge in [-0.3, -0.25) is 9.59 Å². The van der Waals surface area contributed by atoms with Gasteiger partial charge in [0.1, 0.15) is 0 Å². The molecule has 0 bridgehead atoms. The number of Topliss-reactive ketones (excluding diaryl/α,β-unsaturated/α-hetero) is 1. The zero-order chi connectivity index (χ0) is 13.8. The second-order valence-corrected chi connectivity index (χ2v) is 4.86. The average Bonchev–Trinajstić information content (AvgIpc) is 2.46. The van der Waals surface area contributed by atoms with Crippen LogP contribution in [-0.4, -0.2) is 42.9 Å². The first-order chi connectivity index (χ1) is 9.11. The summed E-state index contributed by atoms with van der Waals surface area (Å²) in [7, 11) is 1.71. The number of carbonyl (C=O) groups excluding carboxylic acids is 2. The van der Waals surface area contributed by atoms with Gasteiger partial charge in [-0.2, -0.15) is 0 Å². The lowest BCUT2D eigenvalue weighted by Gasteiger charge is -2.31. The number of amides is 1. The zero-order valence-electron chi connectivity index (χ0n) is 11.4. The molecule has 1 aromatic rings. The molecule has 1 heterocycles. The van der Waals surface area contributed by atoms with Crippen molar-refractivity contribution in [1.29, 1.82) is 0 Å². The van der Waals surface area contributed by atoms with Crippen LogP contribution in [0.4, 0.5) is 0 Å². The molecule has 0 atom stereocenters. The Kier molecular flexibility index (Phi) is 4.32. The molecule has 0 spiro atoms. The minimum atomic E-state index is 0.0138. The minimum absolute atomic E-state index is 0.0138. The number of benzene rings is 1. The van der Waals surface area contributed by atoms with Crippen molar-refractivity contribution in [2.24, 2.45) is 0 Å². The molecule has 1 aliphatic rings. The number of rotatable bonds is 3. The Labute approximate surface area is 113 Å². The molecule has 0 N–H and O–H groups in total. The van der Waals surface area contributed by atoms with E-state index in [1.165, 1.54) is 6.92 Å². The number of hydrogen-bond acceptors (Lipinski definition) is 3. The smallest absolute Gasteiger partial charge is 0.253 e. The molecule has 1 aliphatic heterocycles. The number of ether oxygens (including phenoxy) is 1. The molecule has 19 heavy (non-hydrogen) atoms. The molecule has 0 aromatic heterocycles. The number of piperidine rings is 1. The Hall–Kier alpha value is -1.68. The molecule has 4 nitrogen and oxygen atoms in total. The van der Waals surface area contributed by atoms with Crippen LogP contribution in [0.2, 0.25) is 0 Å². The van der Waals surface area contributed by atoms with E-state index < -0.39 is 0 Å². The summed E-state index contributed by atoms with van der Waals surface area (Å²) in [5, 5.41) is 0. The van der Waals surface area contributed by atoms with E-state index in [-0.39, 0.29) is 17.8 Å². The maximum absolute atomic E-state index is 12.3. The molecular formula is C15H19NO3. The van der Waals surface area contributed by atoms with Crippen LogP contribution in [0.5, 0.6) is 0 Å². The first kappa shape index (κ1) is 13.7. The van der Waals surface area contributed by atoms with Gasteiger partial charge in [-0.1, -0.05) is 12.1 Å². The topological polar surface area (TPSA) is 46.6 Å². The molecule has 102 valence electrons. The van der Waals surface area contributed by atoms with Crippen molar-refractivity contribution < 1.29 is 14.3 Å². The predicted octanol–water partition coefficient (Wildman–Crippen LogP) is 2.14. The molecule has 1 aromatic carbocycles. The Morgan fingerprint density at radius 1 is 1.11 bits per heavy atom. The monoisotopic (exact) mass is 261 g/mol. The van der Waals surface area contributed by atoms with Crippen molar-refractivity contribution in [3.05, 3.63) is 35.4 Å². The van der Waals surface area contributed by atoms with E-state index in [9.17, 15) is 9.59 Å².